The van der Waals surface area contributed by atoms with E-state index >= 15 is 0 Å². The maximum absolute atomic E-state index is 12.4. The van der Waals surface area contributed by atoms with Gasteiger partial charge in [-0.3, -0.25) is 9.36 Å². The van der Waals surface area contributed by atoms with Gasteiger partial charge in [-0.25, -0.2) is 5.43 Å². The highest BCUT2D eigenvalue weighted by atomic mass is 32.2. The van der Waals surface area contributed by atoms with Crippen molar-refractivity contribution >= 4 is 23.4 Å². The van der Waals surface area contributed by atoms with Gasteiger partial charge in [0.25, 0.3) is 5.91 Å². The zero-order chi connectivity index (χ0) is 20.8. The Labute approximate surface area is 180 Å². The van der Waals surface area contributed by atoms with Crippen LogP contribution in [0.1, 0.15) is 32.6 Å². The number of carbonyl (C=O) groups excluding carboxylic acids is 1. The van der Waals surface area contributed by atoms with Crippen LogP contribution in [0, 0.1) is 5.92 Å². The van der Waals surface area contributed by atoms with Gasteiger partial charge in [-0.1, -0.05) is 67.2 Å². The monoisotopic (exact) mass is 419 g/mol. The molecule has 0 saturated heterocycles. The van der Waals surface area contributed by atoms with E-state index < -0.39 is 0 Å². The molecule has 7 heteroatoms. The number of rotatable bonds is 6. The van der Waals surface area contributed by atoms with Crippen molar-refractivity contribution in [1.82, 2.24) is 20.2 Å². The quantitative estimate of drug-likeness (QED) is 0.464. The Morgan fingerprint density at radius 3 is 2.60 bits per heavy atom. The molecule has 1 saturated carbocycles. The van der Waals surface area contributed by atoms with Crippen LogP contribution in [-0.4, -0.2) is 32.1 Å². The van der Waals surface area contributed by atoms with Crippen LogP contribution in [0.25, 0.3) is 17.1 Å². The van der Waals surface area contributed by atoms with Crippen LogP contribution in [0.15, 0.2) is 70.9 Å². The van der Waals surface area contributed by atoms with Crippen LogP contribution in [0.2, 0.25) is 0 Å². The van der Waals surface area contributed by atoms with Crippen molar-refractivity contribution in [3.8, 4) is 17.1 Å². The molecular formula is C23H25N5OS. The molecule has 0 radical (unpaired) electrons. The highest BCUT2D eigenvalue weighted by molar-refractivity contribution is 7.99. The lowest BCUT2D eigenvalue weighted by Crippen LogP contribution is -2.23. The summed E-state index contributed by atoms with van der Waals surface area (Å²) in [6, 6.07) is 19.9. The number of hydrogen-bond donors (Lipinski definition) is 1. The molecule has 1 unspecified atom stereocenters. The van der Waals surface area contributed by atoms with Gasteiger partial charge in [0, 0.05) is 17.0 Å². The van der Waals surface area contributed by atoms with E-state index in [9.17, 15) is 4.79 Å². The molecular weight excluding hydrogens is 394 g/mol. The van der Waals surface area contributed by atoms with Gasteiger partial charge in [0.2, 0.25) is 0 Å². The first-order chi connectivity index (χ1) is 14.7. The second-order valence-corrected chi connectivity index (χ2v) is 8.49. The predicted octanol–water partition coefficient (Wildman–Crippen LogP) is 4.71. The molecule has 1 aliphatic rings. The lowest BCUT2D eigenvalue weighted by atomic mass is 9.89. The standard InChI is InChI=1S/C23H25N5OS/c1-17-9-8-12-19(15-17)24-25-21(29)16-30-23-27-26-22(18-10-4-2-5-11-18)28(23)20-13-6-3-7-14-20/h2-7,10-11,13-14,17H,8-9,12,15-16H2,1H3,(H,25,29)/b24-19+. The number of hydrogen-bond acceptors (Lipinski definition) is 5. The van der Waals surface area contributed by atoms with E-state index in [1.54, 1.807) is 0 Å². The van der Waals surface area contributed by atoms with E-state index in [0.717, 1.165) is 42.0 Å². The molecule has 1 heterocycles. The van der Waals surface area contributed by atoms with Crippen LogP contribution >= 0.6 is 11.8 Å². The van der Waals surface area contributed by atoms with E-state index in [1.807, 2.05) is 65.2 Å². The van der Waals surface area contributed by atoms with Gasteiger partial charge in [-0.2, -0.15) is 5.10 Å². The van der Waals surface area contributed by atoms with Gasteiger partial charge in [-0.15, -0.1) is 10.2 Å². The molecule has 4 rings (SSSR count). The first kappa shape index (κ1) is 20.3. The van der Waals surface area contributed by atoms with E-state index in [-0.39, 0.29) is 11.7 Å². The predicted molar refractivity (Wildman–Crippen MR) is 121 cm³/mol. The zero-order valence-corrected chi connectivity index (χ0v) is 17.8. The molecule has 154 valence electrons. The fourth-order valence-electron chi connectivity index (χ4n) is 3.61. The average molecular weight is 420 g/mol. The summed E-state index contributed by atoms with van der Waals surface area (Å²) in [7, 11) is 0. The minimum absolute atomic E-state index is 0.130. The second kappa shape index (κ2) is 9.71. The lowest BCUT2D eigenvalue weighted by molar-refractivity contribution is -0.118. The molecule has 1 amide bonds. The molecule has 1 N–H and O–H groups in total. The van der Waals surface area contributed by atoms with Crippen LogP contribution in [0.4, 0.5) is 0 Å². The maximum atomic E-state index is 12.4. The Balaban J connectivity index is 1.49. The van der Waals surface area contributed by atoms with Gasteiger partial charge in [0.05, 0.1) is 5.75 Å². The first-order valence-corrected chi connectivity index (χ1v) is 11.2. The van der Waals surface area contributed by atoms with Crippen molar-refractivity contribution in [1.29, 1.82) is 0 Å². The first-order valence-electron chi connectivity index (χ1n) is 10.2. The molecule has 30 heavy (non-hydrogen) atoms. The molecule has 0 bridgehead atoms. The van der Waals surface area contributed by atoms with E-state index in [4.69, 9.17) is 0 Å². The summed E-state index contributed by atoms with van der Waals surface area (Å²) >= 11 is 1.36. The fourth-order valence-corrected chi connectivity index (χ4v) is 4.36. The molecule has 6 nitrogen and oxygen atoms in total. The second-order valence-electron chi connectivity index (χ2n) is 7.55. The largest absolute Gasteiger partial charge is 0.272 e. The van der Waals surface area contributed by atoms with Gasteiger partial charge in [0.15, 0.2) is 11.0 Å². The van der Waals surface area contributed by atoms with Gasteiger partial charge in [0.1, 0.15) is 0 Å². The third kappa shape index (κ3) is 4.97. The number of benzene rings is 2. The average Bonchev–Trinajstić information content (AvgIpc) is 3.21. The normalized spacial score (nSPS) is 17.8. The topological polar surface area (TPSA) is 72.2 Å². The number of nitrogens with zero attached hydrogens (tertiary/aromatic N) is 4. The number of amides is 1. The van der Waals surface area contributed by atoms with Crippen LogP contribution in [0.5, 0.6) is 0 Å². The van der Waals surface area contributed by atoms with Crippen molar-refractivity contribution < 1.29 is 4.79 Å². The summed E-state index contributed by atoms with van der Waals surface area (Å²) in [5.41, 5.74) is 5.73. The molecule has 1 atom stereocenters. The summed E-state index contributed by atoms with van der Waals surface area (Å²) < 4.78 is 1.99. The summed E-state index contributed by atoms with van der Waals surface area (Å²) in [5.74, 6) is 1.49. The summed E-state index contributed by atoms with van der Waals surface area (Å²) in [6.07, 6.45) is 4.32. The van der Waals surface area contributed by atoms with Crippen LogP contribution in [0.3, 0.4) is 0 Å². The third-order valence-corrected chi connectivity index (χ3v) is 6.03. The summed E-state index contributed by atoms with van der Waals surface area (Å²) in [6.45, 7) is 2.23. The highest BCUT2D eigenvalue weighted by Gasteiger charge is 2.18. The fraction of sp³-hybridized carbons (Fsp3) is 0.304. The van der Waals surface area contributed by atoms with Crippen molar-refractivity contribution in [2.45, 2.75) is 37.8 Å². The number of para-hydroxylation sites is 1. The summed E-state index contributed by atoms with van der Waals surface area (Å²) in [5, 5.41) is 13.8. The Kier molecular flexibility index (Phi) is 6.59. The van der Waals surface area contributed by atoms with Crippen molar-refractivity contribution in [3.05, 3.63) is 60.7 Å². The zero-order valence-electron chi connectivity index (χ0n) is 17.0. The number of carbonyl (C=O) groups is 1. The molecule has 1 aliphatic carbocycles. The maximum Gasteiger partial charge on any atom is 0.250 e. The lowest BCUT2D eigenvalue weighted by Gasteiger charge is -2.18. The van der Waals surface area contributed by atoms with E-state index in [1.165, 1.54) is 18.2 Å². The Morgan fingerprint density at radius 2 is 1.87 bits per heavy atom. The van der Waals surface area contributed by atoms with Crippen molar-refractivity contribution in [2.75, 3.05) is 5.75 Å². The number of hydrazone groups is 1. The summed E-state index contributed by atoms with van der Waals surface area (Å²) in [4.78, 5) is 12.4. The van der Waals surface area contributed by atoms with Crippen LogP contribution < -0.4 is 5.43 Å². The molecule has 1 fully saturated rings. The smallest absolute Gasteiger partial charge is 0.250 e. The Morgan fingerprint density at radius 1 is 1.13 bits per heavy atom. The molecule has 0 aliphatic heterocycles. The molecule has 0 spiro atoms. The Bertz CT molecular complexity index is 1020. The molecule has 1 aromatic heterocycles. The molecule has 3 aromatic rings. The van der Waals surface area contributed by atoms with Crippen molar-refractivity contribution in [2.24, 2.45) is 11.0 Å². The SMILES string of the molecule is CC1CCC/C(=N\NC(=O)CSc2nnc(-c3ccccc3)n2-c2ccccc2)C1. The molecule has 2 aromatic carbocycles. The third-order valence-electron chi connectivity index (χ3n) is 5.10. The number of nitrogens with one attached hydrogen (secondary N) is 1. The van der Waals surface area contributed by atoms with E-state index in [2.05, 4.69) is 27.6 Å². The number of aromatic nitrogens is 3. The highest BCUT2D eigenvalue weighted by Crippen LogP contribution is 2.27. The van der Waals surface area contributed by atoms with E-state index in [0.29, 0.717) is 11.1 Å². The van der Waals surface area contributed by atoms with Gasteiger partial charge in [-0.05, 0) is 43.7 Å². The minimum atomic E-state index is -0.130. The van der Waals surface area contributed by atoms with Gasteiger partial charge >= 0.3 is 0 Å². The minimum Gasteiger partial charge on any atom is -0.272 e. The van der Waals surface area contributed by atoms with Crippen molar-refractivity contribution in [3.63, 3.8) is 0 Å². The van der Waals surface area contributed by atoms with Gasteiger partial charge < -0.3 is 0 Å². The number of thioether (sulfide) groups is 1. The van der Waals surface area contributed by atoms with Crippen LogP contribution in [-0.2, 0) is 4.79 Å². The Hall–Kier alpha value is -2.93.